The number of allylic oxidation sites excluding steroid dienone is 2. The van der Waals surface area contributed by atoms with E-state index in [1.165, 1.54) is 6.42 Å². The zero-order valence-electron chi connectivity index (χ0n) is 6.19. The highest BCUT2D eigenvalue weighted by Crippen LogP contribution is 2.53. The minimum Gasteiger partial charge on any atom is -0.192 e. The van der Waals surface area contributed by atoms with E-state index in [0.29, 0.717) is 11.3 Å². The highest BCUT2D eigenvalue weighted by molar-refractivity contribution is 14.1. The fourth-order valence-electron chi connectivity index (χ4n) is 1.01. The van der Waals surface area contributed by atoms with Crippen LogP contribution in [0.4, 0.5) is 0 Å². The quantitative estimate of drug-likeness (QED) is 0.516. The normalized spacial score (nSPS) is 29.4. The van der Waals surface area contributed by atoms with Gasteiger partial charge in [-0.05, 0) is 40.3 Å². The first-order valence-corrected chi connectivity index (χ1v) is 4.41. The average Bonchev–Trinajstić information content (AvgIpc) is 2.40. The van der Waals surface area contributed by atoms with Crippen LogP contribution in [0.25, 0.3) is 0 Å². The van der Waals surface area contributed by atoms with Crippen LogP contribution < -0.4 is 0 Å². The summed E-state index contributed by atoms with van der Waals surface area (Å²) in [6, 6.07) is 2.12. The molecule has 0 aliphatic heterocycles. The Morgan fingerprint density at radius 2 is 2.30 bits per heavy atom. The molecular formula is C8H10IN. The molecule has 10 heavy (non-hydrogen) atoms. The predicted molar refractivity (Wildman–Crippen MR) is 49.6 cm³/mol. The van der Waals surface area contributed by atoms with E-state index in [2.05, 4.69) is 48.6 Å². The largest absolute Gasteiger partial charge is 0.192 e. The summed E-state index contributed by atoms with van der Waals surface area (Å²) in [6.45, 7) is 4.46. The smallest absolute Gasteiger partial charge is 0.105 e. The Hall–Kier alpha value is -0.0400. The molecule has 1 atom stereocenters. The lowest BCUT2D eigenvalue weighted by molar-refractivity contribution is 0.610. The average molecular weight is 247 g/mol. The highest BCUT2D eigenvalue weighted by Gasteiger charge is 2.43. The molecule has 1 aliphatic carbocycles. The van der Waals surface area contributed by atoms with Gasteiger partial charge in [0, 0.05) is 0 Å². The van der Waals surface area contributed by atoms with E-state index in [1.807, 2.05) is 0 Å². The van der Waals surface area contributed by atoms with E-state index >= 15 is 0 Å². The molecule has 0 bridgehead atoms. The van der Waals surface area contributed by atoms with Gasteiger partial charge in [-0.3, -0.25) is 0 Å². The van der Waals surface area contributed by atoms with Crippen molar-refractivity contribution in [3.63, 3.8) is 0 Å². The third-order valence-corrected chi connectivity index (χ3v) is 2.64. The summed E-state index contributed by atoms with van der Waals surface area (Å²) in [5.74, 6) is 0.652. The van der Waals surface area contributed by atoms with E-state index < -0.39 is 0 Å². The van der Waals surface area contributed by atoms with Crippen LogP contribution in [-0.4, -0.2) is 0 Å². The van der Waals surface area contributed by atoms with Crippen LogP contribution in [0.15, 0.2) is 9.66 Å². The predicted octanol–water partition coefficient (Wildman–Crippen LogP) is 2.87. The molecule has 1 rings (SSSR count). The Morgan fingerprint density at radius 3 is 2.60 bits per heavy atom. The Balaban J connectivity index is 2.52. The minimum atomic E-state index is 0.466. The van der Waals surface area contributed by atoms with E-state index in [0.717, 1.165) is 3.58 Å². The summed E-state index contributed by atoms with van der Waals surface area (Å²) in [5, 5.41) is 8.46. The van der Waals surface area contributed by atoms with Gasteiger partial charge in [-0.1, -0.05) is 19.9 Å². The first kappa shape index (κ1) is 8.06. The molecule has 0 saturated heterocycles. The SMILES string of the molecule is CC1(C)CC1/C=C(\I)C#N. The summed E-state index contributed by atoms with van der Waals surface area (Å²) >= 11 is 2.08. The fraction of sp³-hybridized carbons (Fsp3) is 0.625. The zero-order chi connectivity index (χ0) is 7.78. The van der Waals surface area contributed by atoms with Crippen molar-refractivity contribution in [1.82, 2.24) is 0 Å². The van der Waals surface area contributed by atoms with Crippen LogP contribution in [0.2, 0.25) is 0 Å². The summed E-state index contributed by atoms with van der Waals surface area (Å²) in [6.07, 6.45) is 3.31. The van der Waals surface area contributed by atoms with Gasteiger partial charge in [0.15, 0.2) is 0 Å². The molecule has 1 unspecified atom stereocenters. The van der Waals surface area contributed by atoms with Crippen molar-refractivity contribution in [2.45, 2.75) is 20.3 Å². The first-order chi connectivity index (χ1) is 4.56. The van der Waals surface area contributed by atoms with Crippen LogP contribution in [0.3, 0.4) is 0 Å². The second kappa shape index (κ2) is 2.54. The van der Waals surface area contributed by atoms with E-state index in [1.54, 1.807) is 0 Å². The third-order valence-electron chi connectivity index (χ3n) is 2.04. The number of nitrogens with zero attached hydrogens (tertiary/aromatic N) is 1. The van der Waals surface area contributed by atoms with Gasteiger partial charge in [-0.2, -0.15) is 5.26 Å². The summed E-state index contributed by atoms with van der Waals surface area (Å²) in [5.41, 5.74) is 0.466. The van der Waals surface area contributed by atoms with Gasteiger partial charge in [0.1, 0.15) is 6.07 Å². The molecule has 0 aromatic heterocycles. The zero-order valence-corrected chi connectivity index (χ0v) is 8.34. The highest BCUT2D eigenvalue weighted by atomic mass is 127. The van der Waals surface area contributed by atoms with Crippen LogP contribution in [0.5, 0.6) is 0 Å². The van der Waals surface area contributed by atoms with Gasteiger partial charge in [-0.25, -0.2) is 0 Å². The Morgan fingerprint density at radius 1 is 1.80 bits per heavy atom. The van der Waals surface area contributed by atoms with Crippen molar-refractivity contribution < 1.29 is 0 Å². The van der Waals surface area contributed by atoms with Gasteiger partial charge >= 0.3 is 0 Å². The van der Waals surface area contributed by atoms with Crippen LogP contribution in [0.1, 0.15) is 20.3 Å². The number of rotatable bonds is 1. The number of hydrogen-bond donors (Lipinski definition) is 0. The molecule has 0 N–H and O–H groups in total. The Bertz CT molecular complexity index is 210. The van der Waals surface area contributed by atoms with Gasteiger partial charge in [0.05, 0.1) is 3.58 Å². The molecule has 0 spiro atoms. The minimum absolute atomic E-state index is 0.466. The van der Waals surface area contributed by atoms with Crippen LogP contribution >= 0.6 is 22.6 Å². The van der Waals surface area contributed by atoms with Crippen molar-refractivity contribution in [3.05, 3.63) is 9.66 Å². The van der Waals surface area contributed by atoms with Gasteiger partial charge in [-0.15, -0.1) is 0 Å². The fourth-order valence-corrected chi connectivity index (χ4v) is 1.44. The second-order valence-electron chi connectivity index (χ2n) is 3.43. The van der Waals surface area contributed by atoms with Crippen molar-refractivity contribution in [2.75, 3.05) is 0 Å². The van der Waals surface area contributed by atoms with Crippen LogP contribution in [-0.2, 0) is 0 Å². The number of halogens is 1. The Labute approximate surface area is 75.3 Å². The lowest BCUT2D eigenvalue weighted by atomic mass is 10.1. The summed E-state index contributed by atoms with van der Waals surface area (Å²) in [7, 11) is 0. The van der Waals surface area contributed by atoms with Gasteiger partial charge < -0.3 is 0 Å². The number of hydrogen-bond acceptors (Lipinski definition) is 1. The van der Waals surface area contributed by atoms with Crippen LogP contribution in [0, 0.1) is 22.7 Å². The molecule has 1 saturated carbocycles. The van der Waals surface area contributed by atoms with Crippen molar-refractivity contribution in [3.8, 4) is 6.07 Å². The monoisotopic (exact) mass is 247 g/mol. The Kier molecular flexibility index (Phi) is 2.04. The maximum absolute atomic E-state index is 8.46. The molecule has 0 amide bonds. The van der Waals surface area contributed by atoms with E-state index in [-0.39, 0.29) is 0 Å². The van der Waals surface area contributed by atoms with Gasteiger partial charge in [0.25, 0.3) is 0 Å². The van der Waals surface area contributed by atoms with E-state index in [9.17, 15) is 0 Å². The van der Waals surface area contributed by atoms with Crippen molar-refractivity contribution in [1.29, 1.82) is 5.26 Å². The molecule has 1 aliphatic rings. The summed E-state index contributed by atoms with van der Waals surface area (Å²) < 4.78 is 0.827. The van der Waals surface area contributed by atoms with Crippen molar-refractivity contribution in [2.24, 2.45) is 11.3 Å². The molecule has 0 aromatic carbocycles. The molecule has 1 fully saturated rings. The lowest BCUT2D eigenvalue weighted by Gasteiger charge is -1.95. The standard InChI is InChI=1S/C8H10IN/c1-8(2)4-6(8)3-7(9)5-10/h3,6H,4H2,1-2H3/b7-3-. The second-order valence-corrected chi connectivity index (χ2v) is 4.59. The third kappa shape index (κ3) is 1.72. The molecule has 54 valence electrons. The molecular weight excluding hydrogens is 237 g/mol. The lowest BCUT2D eigenvalue weighted by Crippen LogP contribution is -1.85. The molecule has 2 heteroatoms. The van der Waals surface area contributed by atoms with Crippen molar-refractivity contribution >= 4 is 22.6 Å². The number of nitriles is 1. The van der Waals surface area contributed by atoms with Gasteiger partial charge in [0.2, 0.25) is 0 Å². The maximum Gasteiger partial charge on any atom is 0.105 e. The summed E-state index contributed by atoms with van der Waals surface area (Å²) in [4.78, 5) is 0. The molecule has 1 nitrogen and oxygen atoms in total. The first-order valence-electron chi connectivity index (χ1n) is 3.34. The molecule has 0 aromatic rings. The topological polar surface area (TPSA) is 23.8 Å². The molecule has 0 heterocycles. The molecule has 0 radical (unpaired) electrons. The maximum atomic E-state index is 8.46. The van der Waals surface area contributed by atoms with E-state index in [4.69, 9.17) is 5.26 Å².